The molecule has 1 nitrogen and oxygen atoms in total. The Kier molecular flexibility index (Phi) is 3.79. The first-order valence-corrected chi connectivity index (χ1v) is 5.75. The quantitative estimate of drug-likeness (QED) is 0.689. The number of hydrogen-bond donors (Lipinski definition) is 0. The van der Waals surface area contributed by atoms with Gasteiger partial charge in [0.1, 0.15) is 11.9 Å². The topological polar surface area (TPSA) is 9.23 Å². The number of hydrogen-bond acceptors (Lipinski definition) is 1. The van der Waals surface area contributed by atoms with Crippen LogP contribution in [0, 0.1) is 6.92 Å². The van der Waals surface area contributed by atoms with Crippen molar-refractivity contribution in [1.82, 2.24) is 0 Å². The molecular formula is C15H22O. The summed E-state index contributed by atoms with van der Waals surface area (Å²) in [6.45, 7) is 14.4. The van der Waals surface area contributed by atoms with Crippen LogP contribution >= 0.6 is 0 Å². The van der Waals surface area contributed by atoms with Gasteiger partial charge < -0.3 is 4.74 Å². The fourth-order valence-corrected chi connectivity index (χ4v) is 1.50. The molecule has 0 amide bonds. The molecule has 0 aliphatic carbocycles. The maximum atomic E-state index is 5.74. The summed E-state index contributed by atoms with van der Waals surface area (Å²) in [4.78, 5) is 0. The van der Waals surface area contributed by atoms with E-state index in [2.05, 4.69) is 52.5 Å². The van der Waals surface area contributed by atoms with Gasteiger partial charge in [-0.3, -0.25) is 0 Å². The van der Waals surface area contributed by atoms with E-state index in [0.29, 0.717) is 0 Å². The molecule has 1 rings (SSSR count). The van der Waals surface area contributed by atoms with E-state index in [1.54, 1.807) is 6.08 Å². The highest BCUT2D eigenvalue weighted by Crippen LogP contribution is 2.27. The summed E-state index contributed by atoms with van der Waals surface area (Å²) in [6, 6.07) is 6.39. The lowest BCUT2D eigenvalue weighted by molar-refractivity contribution is 0.268. The molecule has 0 spiro atoms. The Morgan fingerprint density at radius 3 is 2.38 bits per heavy atom. The van der Waals surface area contributed by atoms with Gasteiger partial charge in [0, 0.05) is 0 Å². The molecule has 0 saturated carbocycles. The maximum absolute atomic E-state index is 5.74. The lowest BCUT2D eigenvalue weighted by atomic mass is 9.86. The first kappa shape index (κ1) is 12.8. The van der Waals surface area contributed by atoms with E-state index in [1.807, 2.05) is 6.92 Å². The number of ether oxygens (including phenoxy) is 1. The van der Waals surface area contributed by atoms with E-state index in [0.717, 1.165) is 5.75 Å². The molecule has 0 fully saturated rings. The SMILES string of the molecule is C=CC(C)Oc1ccc(C(C)(C)C)cc1C. The van der Waals surface area contributed by atoms with Crippen molar-refractivity contribution in [3.63, 3.8) is 0 Å². The molecule has 88 valence electrons. The van der Waals surface area contributed by atoms with Gasteiger partial charge in [-0.1, -0.05) is 45.6 Å². The monoisotopic (exact) mass is 218 g/mol. The minimum atomic E-state index is 0.0548. The molecule has 0 bridgehead atoms. The van der Waals surface area contributed by atoms with Gasteiger partial charge in [-0.05, 0) is 36.5 Å². The van der Waals surface area contributed by atoms with Crippen LogP contribution in [0.2, 0.25) is 0 Å². The lowest BCUT2D eigenvalue weighted by Crippen LogP contribution is -2.12. The third kappa shape index (κ3) is 3.13. The van der Waals surface area contributed by atoms with Crippen LogP contribution in [0.15, 0.2) is 30.9 Å². The zero-order chi connectivity index (χ0) is 12.3. The largest absolute Gasteiger partial charge is 0.486 e. The molecule has 16 heavy (non-hydrogen) atoms. The van der Waals surface area contributed by atoms with Crippen molar-refractivity contribution in [1.29, 1.82) is 0 Å². The van der Waals surface area contributed by atoms with Crippen molar-refractivity contribution in [2.24, 2.45) is 0 Å². The molecule has 0 saturated heterocycles. The van der Waals surface area contributed by atoms with Crippen LogP contribution in [-0.4, -0.2) is 6.10 Å². The van der Waals surface area contributed by atoms with E-state index in [9.17, 15) is 0 Å². The van der Waals surface area contributed by atoms with Gasteiger partial charge in [0.25, 0.3) is 0 Å². The number of benzene rings is 1. The first-order chi connectivity index (χ1) is 7.34. The van der Waals surface area contributed by atoms with Crippen molar-refractivity contribution in [2.75, 3.05) is 0 Å². The predicted molar refractivity (Wildman–Crippen MR) is 70.2 cm³/mol. The molecule has 1 heteroatoms. The van der Waals surface area contributed by atoms with Crippen LogP contribution < -0.4 is 4.74 Å². The van der Waals surface area contributed by atoms with E-state index in [4.69, 9.17) is 4.74 Å². The van der Waals surface area contributed by atoms with Gasteiger partial charge >= 0.3 is 0 Å². The van der Waals surface area contributed by atoms with E-state index >= 15 is 0 Å². The summed E-state index contributed by atoms with van der Waals surface area (Å²) in [7, 11) is 0. The minimum Gasteiger partial charge on any atom is -0.486 e. The zero-order valence-corrected chi connectivity index (χ0v) is 11.0. The third-order valence-corrected chi connectivity index (χ3v) is 2.69. The molecule has 0 aliphatic heterocycles. The van der Waals surface area contributed by atoms with Crippen molar-refractivity contribution in [3.05, 3.63) is 42.0 Å². The number of rotatable bonds is 3. The summed E-state index contributed by atoms with van der Waals surface area (Å²) in [5.41, 5.74) is 2.71. The van der Waals surface area contributed by atoms with Crippen molar-refractivity contribution in [2.45, 2.75) is 46.1 Å². The number of aryl methyl sites for hydroxylation is 1. The van der Waals surface area contributed by atoms with Crippen LogP contribution in [0.4, 0.5) is 0 Å². The molecular weight excluding hydrogens is 196 g/mol. The van der Waals surface area contributed by atoms with E-state index in [1.165, 1.54) is 11.1 Å². The zero-order valence-electron chi connectivity index (χ0n) is 11.0. The normalized spacial score (nSPS) is 13.3. The van der Waals surface area contributed by atoms with Crippen LogP contribution in [0.1, 0.15) is 38.8 Å². The molecule has 0 aliphatic rings. The Bertz CT molecular complexity index is 372. The Morgan fingerprint density at radius 2 is 1.94 bits per heavy atom. The first-order valence-electron chi connectivity index (χ1n) is 5.75. The fraction of sp³-hybridized carbons (Fsp3) is 0.467. The van der Waals surface area contributed by atoms with Crippen LogP contribution in [0.5, 0.6) is 5.75 Å². The third-order valence-electron chi connectivity index (χ3n) is 2.69. The molecule has 1 unspecified atom stereocenters. The molecule has 0 N–H and O–H groups in total. The van der Waals surface area contributed by atoms with Gasteiger partial charge in [-0.2, -0.15) is 0 Å². The summed E-state index contributed by atoms with van der Waals surface area (Å²) in [5, 5.41) is 0. The average molecular weight is 218 g/mol. The fourth-order valence-electron chi connectivity index (χ4n) is 1.50. The van der Waals surface area contributed by atoms with Gasteiger partial charge in [0.05, 0.1) is 0 Å². The standard InChI is InChI=1S/C15H22O/c1-7-12(3)16-14-9-8-13(10-11(14)2)15(4,5)6/h7-10,12H,1H2,2-6H3. The summed E-state index contributed by atoms with van der Waals surface area (Å²) in [6.07, 6.45) is 1.86. The summed E-state index contributed by atoms with van der Waals surface area (Å²) in [5.74, 6) is 0.945. The second-order valence-corrected chi connectivity index (χ2v) is 5.29. The van der Waals surface area contributed by atoms with Crippen molar-refractivity contribution < 1.29 is 4.74 Å². The summed E-state index contributed by atoms with van der Waals surface area (Å²) >= 11 is 0. The Hall–Kier alpha value is -1.24. The minimum absolute atomic E-state index is 0.0548. The smallest absolute Gasteiger partial charge is 0.123 e. The van der Waals surface area contributed by atoms with E-state index < -0.39 is 0 Å². The molecule has 0 radical (unpaired) electrons. The Morgan fingerprint density at radius 1 is 1.31 bits per heavy atom. The highest BCUT2D eigenvalue weighted by Gasteiger charge is 2.14. The highest BCUT2D eigenvalue weighted by atomic mass is 16.5. The maximum Gasteiger partial charge on any atom is 0.123 e. The molecule has 1 aromatic rings. The Labute approximate surface area is 99.1 Å². The molecule has 0 heterocycles. The Balaban J connectivity index is 2.96. The van der Waals surface area contributed by atoms with Gasteiger partial charge in [0.15, 0.2) is 0 Å². The van der Waals surface area contributed by atoms with Crippen molar-refractivity contribution in [3.8, 4) is 5.75 Å². The van der Waals surface area contributed by atoms with Crippen LogP contribution in [0.25, 0.3) is 0 Å². The highest BCUT2D eigenvalue weighted by molar-refractivity contribution is 5.39. The van der Waals surface area contributed by atoms with Gasteiger partial charge in [-0.25, -0.2) is 0 Å². The molecule has 1 atom stereocenters. The summed E-state index contributed by atoms with van der Waals surface area (Å²) < 4.78 is 5.74. The second kappa shape index (κ2) is 4.73. The van der Waals surface area contributed by atoms with Crippen LogP contribution in [0.3, 0.4) is 0 Å². The predicted octanol–water partition coefficient (Wildman–Crippen LogP) is 4.25. The molecule has 1 aromatic carbocycles. The van der Waals surface area contributed by atoms with E-state index in [-0.39, 0.29) is 11.5 Å². The molecule has 0 aromatic heterocycles. The van der Waals surface area contributed by atoms with Gasteiger partial charge in [0.2, 0.25) is 0 Å². The van der Waals surface area contributed by atoms with Crippen LogP contribution in [-0.2, 0) is 5.41 Å². The lowest BCUT2D eigenvalue weighted by Gasteiger charge is -2.21. The van der Waals surface area contributed by atoms with Gasteiger partial charge in [-0.15, -0.1) is 0 Å². The average Bonchev–Trinajstić information content (AvgIpc) is 2.19. The second-order valence-electron chi connectivity index (χ2n) is 5.29. The van der Waals surface area contributed by atoms with Crippen molar-refractivity contribution >= 4 is 0 Å².